The molecule has 1 aromatic heterocycles. The lowest BCUT2D eigenvalue weighted by Crippen LogP contribution is -2.38. The van der Waals surface area contributed by atoms with Crippen LogP contribution in [0.3, 0.4) is 0 Å². The molecule has 1 fully saturated rings. The number of aliphatic hydroxyl groups is 1. The molecule has 2 N–H and O–H groups in total. The van der Waals surface area contributed by atoms with Gasteiger partial charge < -0.3 is 5.11 Å². The molecule has 1 heterocycles. The zero-order valence-electron chi connectivity index (χ0n) is 15.9. The predicted molar refractivity (Wildman–Crippen MR) is 114 cm³/mol. The highest BCUT2D eigenvalue weighted by Crippen LogP contribution is 2.44. The molecule has 0 aliphatic heterocycles. The first kappa shape index (κ1) is 19.6. The van der Waals surface area contributed by atoms with Crippen molar-refractivity contribution in [2.45, 2.75) is 49.0 Å². The molecule has 0 saturated heterocycles. The molecule has 0 bridgehead atoms. The lowest BCUT2D eigenvalue weighted by Gasteiger charge is -2.28. The summed E-state index contributed by atoms with van der Waals surface area (Å²) in [6.45, 7) is 2.15. The second-order valence-electron chi connectivity index (χ2n) is 7.67. The molecule has 3 aromatic rings. The number of hydrogen-bond acceptors (Lipinski definition) is 4. The van der Waals surface area contributed by atoms with Crippen molar-refractivity contribution in [2.24, 2.45) is 0 Å². The van der Waals surface area contributed by atoms with E-state index in [-0.39, 0.29) is 5.41 Å². The lowest BCUT2D eigenvalue weighted by molar-refractivity contribution is 0.203. The fourth-order valence-corrected chi connectivity index (χ4v) is 6.71. The summed E-state index contributed by atoms with van der Waals surface area (Å²) in [5, 5.41) is 11.5. The van der Waals surface area contributed by atoms with E-state index in [2.05, 4.69) is 10.8 Å². The summed E-state index contributed by atoms with van der Waals surface area (Å²) in [7, 11) is -3.62. The van der Waals surface area contributed by atoms with Gasteiger partial charge in [-0.2, -0.15) is 0 Å². The fraction of sp³-hybridized carbons (Fsp3) is 0.364. The Kier molecular flexibility index (Phi) is 5.31. The smallest absolute Gasteiger partial charge is 0.241 e. The van der Waals surface area contributed by atoms with Crippen LogP contribution in [-0.4, -0.2) is 20.1 Å². The van der Waals surface area contributed by atoms with E-state index in [4.69, 9.17) is 0 Å². The normalized spacial score (nSPS) is 17.8. The average Bonchev–Trinajstić information content (AvgIpc) is 3.36. The van der Waals surface area contributed by atoms with Crippen molar-refractivity contribution >= 4 is 32.1 Å². The van der Waals surface area contributed by atoms with Crippen molar-refractivity contribution in [2.75, 3.05) is 6.54 Å². The van der Waals surface area contributed by atoms with E-state index in [1.807, 2.05) is 36.4 Å². The van der Waals surface area contributed by atoms with Crippen molar-refractivity contribution in [3.8, 4) is 0 Å². The highest BCUT2D eigenvalue weighted by Gasteiger charge is 2.38. The summed E-state index contributed by atoms with van der Waals surface area (Å²) in [5.41, 5.74) is -0.185. The van der Waals surface area contributed by atoms with Crippen LogP contribution in [0.25, 0.3) is 10.8 Å². The van der Waals surface area contributed by atoms with E-state index in [9.17, 15) is 13.5 Å². The third-order valence-corrected chi connectivity index (χ3v) is 8.72. The van der Waals surface area contributed by atoms with Gasteiger partial charge in [-0.15, -0.1) is 11.3 Å². The molecule has 1 aliphatic rings. The zero-order valence-corrected chi connectivity index (χ0v) is 17.5. The van der Waals surface area contributed by atoms with Gasteiger partial charge in [-0.3, -0.25) is 0 Å². The Bertz CT molecular complexity index is 1070. The van der Waals surface area contributed by atoms with E-state index in [0.29, 0.717) is 11.4 Å². The average molecular weight is 416 g/mol. The van der Waals surface area contributed by atoms with Gasteiger partial charge in [0, 0.05) is 27.1 Å². The number of thiophene rings is 1. The molecular weight excluding hydrogens is 390 g/mol. The van der Waals surface area contributed by atoms with Crippen LogP contribution in [0, 0.1) is 0 Å². The van der Waals surface area contributed by atoms with E-state index in [1.165, 1.54) is 4.88 Å². The maximum Gasteiger partial charge on any atom is 0.241 e. The molecule has 6 heteroatoms. The minimum atomic E-state index is -3.62. The zero-order chi connectivity index (χ0) is 19.8. The van der Waals surface area contributed by atoms with Gasteiger partial charge in [-0.1, -0.05) is 49.2 Å². The molecule has 2 aromatic carbocycles. The molecule has 1 saturated carbocycles. The van der Waals surface area contributed by atoms with Crippen LogP contribution in [0.5, 0.6) is 0 Å². The topological polar surface area (TPSA) is 66.4 Å². The summed E-state index contributed by atoms with van der Waals surface area (Å²) in [6, 6.07) is 17.0. The van der Waals surface area contributed by atoms with Gasteiger partial charge in [-0.25, -0.2) is 13.1 Å². The molecule has 1 atom stereocenters. The summed E-state index contributed by atoms with van der Waals surface area (Å²) in [4.78, 5) is 2.43. The minimum Gasteiger partial charge on any atom is -0.388 e. The van der Waals surface area contributed by atoms with Crippen molar-refractivity contribution in [1.29, 1.82) is 0 Å². The van der Waals surface area contributed by atoms with E-state index >= 15 is 0 Å². The van der Waals surface area contributed by atoms with Crippen LogP contribution in [0.2, 0.25) is 0 Å². The van der Waals surface area contributed by atoms with Crippen LogP contribution in [0.15, 0.2) is 59.5 Å². The number of sulfonamides is 1. The summed E-state index contributed by atoms with van der Waals surface area (Å²) >= 11 is 1.60. The summed E-state index contributed by atoms with van der Waals surface area (Å²) < 4.78 is 29.2. The molecule has 1 unspecified atom stereocenters. The van der Waals surface area contributed by atoms with Crippen LogP contribution in [-0.2, 0) is 15.4 Å². The third-order valence-electron chi connectivity index (χ3n) is 5.76. The first-order chi connectivity index (χ1) is 13.4. The Hall–Kier alpha value is -1.73. The second-order valence-corrected chi connectivity index (χ2v) is 10.5. The molecule has 4 nitrogen and oxygen atoms in total. The maximum absolute atomic E-state index is 13.1. The lowest BCUT2D eigenvalue weighted by atomic mass is 9.85. The monoisotopic (exact) mass is 415 g/mol. The molecule has 0 amide bonds. The van der Waals surface area contributed by atoms with Crippen LogP contribution in [0.4, 0.5) is 0 Å². The van der Waals surface area contributed by atoms with Gasteiger partial charge in [0.25, 0.3) is 0 Å². The molecule has 28 heavy (non-hydrogen) atoms. The Morgan fingerprint density at radius 2 is 1.79 bits per heavy atom. The Morgan fingerprint density at radius 3 is 2.50 bits per heavy atom. The standard InChI is InChI=1S/C22H25NO3S2/c1-16(24)19-11-12-21(27-19)22(13-4-5-14-22)15-23-28(25,26)20-10-6-8-17-7-2-3-9-18(17)20/h2-3,6-12,16,23-24H,4-5,13-15H2,1H3. The first-order valence-electron chi connectivity index (χ1n) is 9.67. The van der Waals surface area contributed by atoms with Gasteiger partial charge in [-0.05, 0) is 43.4 Å². The van der Waals surface area contributed by atoms with Crippen molar-refractivity contribution in [3.63, 3.8) is 0 Å². The molecule has 148 valence electrons. The largest absolute Gasteiger partial charge is 0.388 e. The molecule has 1 aliphatic carbocycles. The number of hydrogen-bond donors (Lipinski definition) is 2. The fourth-order valence-electron chi connectivity index (χ4n) is 4.17. The van der Waals surface area contributed by atoms with Gasteiger partial charge in [0.15, 0.2) is 0 Å². The molecule has 0 radical (unpaired) electrons. The van der Waals surface area contributed by atoms with Crippen molar-refractivity contribution < 1.29 is 13.5 Å². The van der Waals surface area contributed by atoms with Gasteiger partial charge in [0.2, 0.25) is 10.0 Å². The Morgan fingerprint density at radius 1 is 1.07 bits per heavy atom. The number of rotatable bonds is 6. The highest BCUT2D eigenvalue weighted by atomic mass is 32.2. The van der Waals surface area contributed by atoms with Crippen LogP contribution >= 0.6 is 11.3 Å². The molecule has 0 spiro atoms. The van der Waals surface area contributed by atoms with Gasteiger partial charge in [0.1, 0.15) is 0 Å². The van der Waals surface area contributed by atoms with E-state index in [1.54, 1.807) is 30.4 Å². The van der Waals surface area contributed by atoms with E-state index < -0.39 is 16.1 Å². The van der Waals surface area contributed by atoms with Gasteiger partial charge >= 0.3 is 0 Å². The van der Waals surface area contributed by atoms with Crippen molar-refractivity contribution in [3.05, 3.63) is 64.4 Å². The molecule has 4 rings (SSSR count). The maximum atomic E-state index is 13.1. The molecular formula is C22H25NO3S2. The van der Waals surface area contributed by atoms with Gasteiger partial charge in [0.05, 0.1) is 11.0 Å². The highest BCUT2D eigenvalue weighted by molar-refractivity contribution is 7.89. The SMILES string of the molecule is CC(O)c1ccc(C2(CNS(=O)(=O)c3cccc4ccccc34)CCCC2)s1. The van der Waals surface area contributed by atoms with Crippen LogP contribution < -0.4 is 4.72 Å². The number of benzene rings is 2. The summed E-state index contributed by atoms with van der Waals surface area (Å²) in [5.74, 6) is 0. The Balaban J connectivity index is 1.63. The Labute approximate surface area is 170 Å². The number of aliphatic hydroxyl groups excluding tert-OH is 1. The number of fused-ring (bicyclic) bond motifs is 1. The number of nitrogens with one attached hydrogen (secondary N) is 1. The van der Waals surface area contributed by atoms with Crippen molar-refractivity contribution in [1.82, 2.24) is 4.72 Å². The second kappa shape index (κ2) is 7.59. The summed E-state index contributed by atoms with van der Waals surface area (Å²) in [6.07, 6.45) is 3.62. The minimum absolute atomic E-state index is 0.185. The van der Waals surface area contributed by atoms with E-state index in [0.717, 1.165) is 41.3 Å². The van der Waals surface area contributed by atoms with Crippen LogP contribution in [0.1, 0.15) is 48.5 Å². The quantitative estimate of drug-likeness (QED) is 0.611. The first-order valence-corrected chi connectivity index (χ1v) is 12.0. The predicted octanol–water partition coefficient (Wildman–Crippen LogP) is 4.74. The third kappa shape index (κ3) is 3.62.